The van der Waals surface area contributed by atoms with Crippen LogP contribution in [0.4, 0.5) is 9.18 Å². The number of carbonyl (C=O) groups is 2. The molecule has 0 saturated carbocycles. The van der Waals surface area contributed by atoms with Crippen molar-refractivity contribution in [2.45, 2.75) is 51.7 Å². The predicted octanol–water partition coefficient (Wildman–Crippen LogP) is 4.80. The van der Waals surface area contributed by atoms with Gasteiger partial charge < -0.3 is 19.7 Å². The molecule has 2 amide bonds. The SMILES string of the molecule is COc1ccc([C@H](CC2CCN(C(=O)OC(C)(C)C)CC2)NC(=O)c2ccc(F)s2)cn1. The molecule has 3 rings (SSSR count). The molecule has 1 saturated heterocycles. The summed E-state index contributed by atoms with van der Waals surface area (Å²) in [6.45, 7) is 6.78. The van der Waals surface area contributed by atoms with Gasteiger partial charge in [-0.3, -0.25) is 4.79 Å². The summed E-state index contributed by atoms with van der Waals surface area (Å²) in [6, 6.07) is 6.11. The van der Waals surface area contributed by atoms with E-state index < -0.39 is 10.7 Å². The molecule has 1 aliphatic rings. The Bertz CT molecular complexity index is 918. The summed E-state index contributed by atoms with van der Waals surface area (Å²) < 4.78 is 24.0. The van der Waals surface area contributed by atoms with E-state index in [2.05, 4.69) is 10.3 Å². The van der Waals surface area contributed by atoms with E-state index in [1.165, 1.54) is 12.1 Å². The van der Waals surface area contributed by atoms with Crippen LogP contribution in [-0.4, -0.2) is 47.7 Å². The normalized spacial score (nSPS) is 15.8. The first-order chi connectivity index (χ1) is 15.1. The average Bonchev–Trinajstić information content (AvgIpc) is 3.19. The average molecular weight is 464 g/mol. The molecule has 1 aliphatic heterocycles. The molecular formula is C23H30FN3O4S. The number of rotatable bonds is 6. The molecular weight excluding hydrogens is 433 g/mol. The van der Waals surface area contributed by atoms with Gasteiger partial charge in [-0.1, -0.05) is 6.07 Å². The van der Waals surface area contributed by atoms with E-state index in [1.807, 2.05) is 26.8 Å². The summed E-state index contributed by atoms with van der Waals surface area (Å²) >= 11 is 0.821. The van der Waals surface area contributed by atoms with E-state index in [0.29, 0.717) is 36.2 Å². The van der Waals surface area contributed by atoms with Crippen LogP contribution in [0.2, 0.25) is 0 Å². The zero-order chi connectivity index (χ0) is 23.3. The summed E-state index contributed by atoms with van der Waals surface area (Å²) in [6.07, 6.45) is 3.70. The van der Waals surface area contributed by atoms with Crippen LogP contribution in [-0.2, 0) is 4.74 Å². The molecule has 1 fully saturated rings. The van der Waals surface area contributed by atoms with Gasteiger partial charge in [0.15, 0.2) is 5.13 Å². The van der Waals surface area contributed by atoms with Crippen LogP contribution in [0.15, 0.2) is 30.5 Å². The van der Waals surface area contributed by atoms with E-state index in [0.717, 1.165) is 29.7 Å². The number of amides is 2. The van der Waals surface area contributed by atoms with Crippen molar-refractivity contribution >= 4 is 23.3 Å². The fourth-order valence-electron chi connectivity index (χ4n) is 3.67. The van der Waals surface area contributed by atoms with Crippen LogP contribution in [0.5, 0.6) is 5.88 Å². The predicted molar refractivity (Wildman–Crippen MR) is 120 cm³/mol. The first-order valence-electron chi connectivity index (χ1n) is 10.7. The number of nitrogens with one attached hydrogen (secondary N) is 1. The molecule has 2 aromatic rings. The lowest BCUT2D eigenvalue weighted by Crippen LogP contribution is -2.42. The largest absolute Gasteiger partial charge is 0.481 e. The lowest BCUT2D eigenvalue weighted by Gasteiger charge is -2.34. The summed E-state index contributed by atoms with van der Waals surface area (Å²) in [4.78, 5) is 31.4. The molecule has 174 valence electrons. The molecule has 9 heteroatoms. The fourth-order valence-corrected chi connectivity index (χ4v) is 4.31. The highest BCUT2D eigenvalue weighted by atomic mass is 32.1. The second-order valence-electron chi connectivity index (χ2n) is 8.91. The summed E-state index contributed by atoms with van der Waals surface area (Å²) in [5.41, 5.74) is 0.331. The van der Waals surface area contributed by atoms with Crippen LogP contribution < -0.4 is 10.1 Å². The molecule has 1 atom stereocenters. The fraction of sp³-hybridized carbons (Fsp3) is 0.522. The highest BCUT2D eigenvalue weighted by Gasteiger charge is 2.29. The van der Waals surface area contributed by atoms with E-state index >= 15 is 0 Å². The van der Waals surface area contributed by atoms with Gasteiger partial charge in [-0.2, -0.15) is 4.39 Å². The summed E-state index contributed by atoms with van der Waals surface area (Å²) in [7, 11) is 1.55. The number of pyridine rings is 1. The van der Waals surface area contributed by atoms with Gasteiger partial charge in [-0.25, -0.2) is 9.78 Å². The Kier molecular flexibility index (Phi) is 7.71. The van der Waals surface area contributed by atoms with E-state index in [1.54, 1.807) is 24.3 Å². The van der Waals surface area contributed by atoms with Gasteiger partial charge >= 0.3 is 6.09 Å². The Labute approximate surface area is 191 Å². The van der Waals surface area contributed by atoms with E-state index in [-0.39, 0.29) is 18.0 Å². The molecule has 0 radical (unpaired) electrons. The maximum atomic E-state index is 13.4. The smallest absolute Gasteiger partial charge is 0.410 e. The monoisotopic (exact) mass is 463 g/mol. The number of likely N-dealkylation sites (tertiary alicyclic amines) is 1. The van der Waals surface area contributed by atoms with Crippen molar-refractivity contribution in [3.63, 3.8) is 0 Å². The van der Waals surface area contributed by atoms with Crippen molar-refractivity contribution in [1.29, 1.82) is 0 Å². The van der Waals surface area contributed by atoms with E-state index in [9.17, 15) is 14.0 Å². The number of ether oxygens (including phenoxy) is 2. The molecule has 0 unspecified atom stereocenters. The van der Waals surface area contributed by atoms with Crippen molar-refractivity contribution in [3.8, 4) is 5.88 Å². The van der Waals surface area contributed by atoms with Gasteiger partial charge in [-0.05, 0) is 63.6 Å². The van der Waals surface area contributed by atoms with Crippen molar-refractivity contribution in [1.82, 2.24) is 15.2 Å². The molecule has 2 aromatic heterocycles. The summed E-state index contributed by atoms with van der Waals surface area (Å²) in [5.74, 6) is 0.483. The Hall–Kier alpha value is -2.68. The number of thiophene rings is 1. The van der Waals surface area contributed by atoms with Crippen molar-refractivity contribution in [2.75, 3.05) is 20.2 Å². The van der Waals surface area contributed by atoms with Crippen LogP contribution in [0, 0.1) is 11.0 Å². The Morgan fingerprint density at radius 2 is 1.97 bits per heavy atom. The highest BCUT2D eigenvalue weighted by Crippen LogP contribution is 2.30. The van der Waals surface area contributed by atoms with Gasteiger partial charge in [-0.15, -0.1) is 11.3 Å². The Balaban J connectivity index is 1.66. The van der Waals surface area contributed by atoms with Crippen LogP contribution >= 0.6 is 11.3 Å². The minimum absolute atomic E-state index is 0.288. The highest BCUT2D eigenvalue weighted by molar-refractivity contribution is 7.12. The maximum absolute atomic E-state index is 13.4. The van der Waals surface area contributed by atoms with Crippen LogP contribution in [0.25, 0.3) is 0 Å². The third-order valence-corrected chi connectivity index (χ3v) is 6.18. The van der Waals surface area contributed by atoms with Crippen molar-refractivity contribution in [2.24, 2.45) is 5.92 Å². The number of piperidine rings is 1. The number of hydrogen-bond acceptors (Lipinski definition) is 6. The molecule has 32 heavy (non-hydrogen) atoms. The molecule has 0 aliphatic carbocycles. The Morgan fingerprint density at radius 1 is 1.25 bits per heavy atom. The number of hydrogen-bond donors (Lipinski definition) is 1. The third-order valence-electron chi connectivity index (χ3n) is 5.31. The molecule has 7 nitrogen and oxygen atoms in total. The van der Waals surface area contributed by atoms with Crippen molar-refractivity contribution < 1.29 is 23.5 Å². The summed E-state index contributed by atoms with van der Waals surface area (Å²) in [5, 5.41) is 2.64. The molecule has 3 heterocycles. The van der Waals surface area contributed by atoms with Gasteiger partial charge in [0.2, 0.25) is 5.88 Å². The molecule has 0 bridgehead atoms. The van der Waals surface area contributed by atoms with Gasteiger partial charge in [0.25, 0.3) is 5.91 Å². The number of carbonyl (C=O) groups excluding carboxylic acids is 2. The zero-order valence-electron chi connectivity index (χ0n) is 18.9. The lowest BCUT2D eigenvalue weighted by atomic mass is 9.88. The van der Waals surface area contributed by atoms with Crippen LogP contribution in [0.1, 0.15) is 61.3 Å². The van der Waals surface area contributed by atoms with E-state index in [4.69, 9.17) is 9.47 Å². The number of methoxy groups -OCH3 is 1. The van der Waals surface area contributed by atoms with Crippen LogP contribution in [0.3, 0.4) is 0 Å². The second kappa shape index (κ2) is 10.3. The number of aromatic nitrogens is 1. The second-order valence-corrected chi connectivity index (χ2v) is 9.94. The topological polar surface area (TPSA) is 80.8 Å². The molecule has 0 aromatic carbocycles. The quantitative estimate of drug-likeness (QED) is 0.666. The standard InChI is InChI=1S/C23H30FN3O4S/c1-23(2,3)31-22(29)27-11-9-15(10-12-27)13-17(16-5-8-20(30-4)25-14-16)26-21(28)18-6-7-19(24)32-18/h5-8,14-15,17H,9-13H2,1-4H3,(H,26,28)/t17-/m0/s1. The third kappa shape index (κ3) is 6.66. The maximum Gasteiger partial charge on any atom is 0.410 e. The number of halogens is 1. The number of nitrogens with zero attached hydrogens (tertiary/aromatic N) is 2. The Morgan fingerprint density at radius 3 is 2.50 bits per heavy atom. The van der Waals surface area contributed by atoms with Gasteiger partial charge in [0, 0.05) is 25.4 Å². The van der Waals surface area contributed by atoms with Gasteiger partial charge in [0.1, 0.15) is 5.60 Å². The zero-order valence-corrected chi connectivity index (χ0v) is 19.7. The first-order valence-corrected chi connectivity index (χ1v) is 11.5. The molecule has 1 N–H and O–H groups in total. The minimum Gasteiger partial charge on any atom is -0.481 e. The minimum atomic E-state index is -0.522. The van der Waals surface area contributed by atoms with Crippen molar-refractivity contribution in [3.05, 3.63) is 46.0 Å². The lowest BCUT2D eigenvalue weighted by molar-refractivity contribution is 0.0178. The van der Waals surface area contributed by atoms with Gasteiger partial charge in [0.05, 0.1) is 18.0 Å². The molecule has 0 spiro atoms. The first kappa shape index (κ1) is 24.0.